The number of likely N-dealkylation sites (tertiary alicyclic amines) is 1. The van der Waals surface area contributed by atoms with Gasteiger partial charge in [0.2, 0.25) is 0 Å². The van der Waals surface area contributed by atoms with Crippen LogP contribution in [0.15, 0.2) is 0 Å². The normalized spacial score (nSPS) is 21.5. The average Bonchev–Trinajstić information content (AvgIpc) is 3.16. The van der Waals surface area contributed by atoms with Gasteiger partial charge in [-0.15, -0.1) is 0 Å². The van der Waals surface area contributed by atoms with Crippen LogP contribution in [0.1, 0.15) is 57.9 Å². The van der Waals surface area contributed by atoms with Gasteiger partial charge in [0.15, 0.2) is 11.5 Å². The molecule has 2 aliphatic heterocycles. The number of hydrogen-bond acceptors (Lipinski definition) is 10. The highest BCUT2D eigenvalue weighted by molar-refractivity contribution is 5.96. The minimum Gasteiger partial charge on any atom is -0.462 e. The lowest BCUT2D eigenvalue weighted by Crippen LogP contribution is -2.55. The van der Waals surface area contributed by atoms with E-state index in [2.05, 4.69) is 21.9 Å². The molecule has 0 bridgehead atoms. The molecule has 0 spiro atoms. The predicted molar refractivity (Wildman–Crippen MR) is 128 cm³/mol. The van der Waals surface area contributed by atoms with Crippen LogP contribution >= 0.6 is 0 Å². The molecule has 11 heteroatoms. The molecule has 34 heavy (non-hydrogen) atoms. The summed E-state index contributed by atoms with van der Waals surface area (Å²) in [5, 5.41) is 0. The van der Waals surface area contributed by atoms with Crippen molar-refractivity contribution in [3.63, 3.8) is 0 Å². The predicted octanol–water partition coefficient (Wildman–Crippen LogP) is 2.15. The highest BCUT2D eigenvalue weighted by atomic mass is 16.6. The first-order valence-electron chi connectivity index (χ1n) is 11.9. The van der Waals surface area contributed by atoms with Crippen molar-refractivity contribution < 1.29 is 23.8 Å². The Hall–Kier alpha value is -2.82. The molecule has 2 fully saturated rings. The smallest absolute Gasteiger partial charge is 0.410 e. The Bertz CT molecular complexity index is 889. The topological polar surface area (TPSA) is 123 Å². The molecule has 1 aromatic rings. The van der Waals surface area contributed by atoms with E-state index in [1.165, 1.54) is 0 Å². The van der Waals surface area contributed by atoms with Crippen LogP contribution in [0.2, 0.25) is 0 Å². The SMILES string of the molecule is CCOC(=O)c1nc(OC[C@@H]2CCCN2C)nc(N2CCN(C(=O)OC(C)(C)C)C[C@@H]2C)c1N. The second kappa shape index (κ2) is 10.6. The second-order valence-corrected chi connectivity index (χ2v) is 9.87. The molecule has 0 aromatic carbocycles. The summed E-state index contributed by atoms with van der Waals surface area (Å²) < 4.78 is 16.6. The molecule has 1 aromatic heterocycles. The third kappa shape index (κ3) is 6.19. The monoisotopic (exact) mass is 478 g/mol. The number of nitrogens with zero attached hydrogens (tertiary/aromatic N) is 5. The summed E-state index contributed by atoms with van der Waals surface area (Å²) in [5.41, 5.74) is 5.92. The molecule has 2 aliphatic rings. The largest absolute Gasteiger partial charge is 0.462 e. The number of esters is 1. The van der Waals surface area contributed by atoms with E-state index in [-0.39, 0.29) is 42.2 Å². The van der Waals surface area contributed by atoms with Crippen molar-refractivity contribution in [1.82, 2.24) is 19.8 Å². The van der Waals surface area contributed by atoms with Crippen LogP contribution < -0.4 is 15.4 Å². The number of piperazine rings is 1. The maximum atomic E-state index is 12.6. The lowest BCUT2D eigenvalue weighted by molar-refractivity contribution is 0.0218. The second-order valence-electron chi connectivity index (χ2n) is 9.87. The Morgan fingerprint density at radius 2 is 1.91 bits per heavy atom. The number of rotatable bonds is 6. The fraction of sp³-hybridized carbons (Fsp3) is 0.739. The molecule has 2 saturated heterocycles. The van der Waals surface area contributed by atoms with Gasteiger partial charge >= 0.3 is 18.1 Å². The van der Waals surface area contributed by atoms with E-state index in [4.69, 9.17) is 19.9 Å². The van der Waals surface area contributed by atoms with E-state index in [0.29, 0.717) is 32.1 Å². The van der Waals surface area contributed by atoms with Crippen LogP contribution in [-0.4, -0.2) is 96.0 Å². The summed E-state index contributed by atoms with van der Waals surface area (Å²) in [6.45, 7) is 12.2. The first kappa shape index (κ1) is 25.8. The van der Waals surface area contributed by atoms with Gasteiger partial charge in [-0.25, -0.2) is 9.59 Å². The maximum absolute atomic E-state index is 12.6. The van der Waals surface area contributed by atoms with Crippen LogP contribution in [0.4, 0.5) is 16.3 Å². The minimum atomic E-state index is -0.619. The highest BCUT2D eigenvalue weighted by Gasteiger charge is 2.33. The van der Waals surface area contributed by atoms with Gasteiger partial charge < -0.3 is 34.6 Å². The number of carbonyl (C=O) groups excluding carboxylic acids is 2. The number of carbonyl (C=O) groups is 2. The van der Waals surface area contributed by atoms with Gasteiger partial charge in [0.05, 0.1) is 6.61 Å². The quantitative estimate of drug-likeness (QED) is 0.608. The first-order chi connectivity index (χ1) is 16.0. The number of likely N-dealkylation sites (N-methyl/N-ethyl adjacent to an activating group) is 1. The van der Waals surface area contributed by atoms with Crippen molar-refractivity contribution in [2.24, 2.45) is 0 Å². The molecule has 11 nitrogen and oxygen atoms in total. The molecule has 0 radical (unpaired) electrons. The Labute approximate surface area is 201 Å². The highest BCUT2D eigenvalue weighted by Crippen LogP contribution is 2.30. The molecule has 1 amide bonds. The van der Waals surface area contributed by atoms with E-state index in [1.807, 2.05) is 32.6 Å². The number of nitrogen functional groups attached to an aromatic ring is 1. The zero-order valence-electron chi connectivity index (χ0n) is 21.2. The van der Waals surface area contributed by atoms with E-state index >= 15 is 0 Å². The van der Waals surface area contributed by atoms with Crippen molar-refractivity contribution >= 4 is 23.6 Å². The van der Waals surface area contributed by atoms with E-state index in [0.717, 1.165) is 19.4 Å². The molecule has 0 unspecified atom stereocenters. The van der Waals surface area contributed by atoms with Crippen LogP contribution in [0.3, 0.4) is 0 Å². The molecule has 190 valence electrons. The van der Waals surface area contributed by atoms with Crippen LogP contribution in [-0.2, 0) is 9.47 Å². The Balaban J connectivity index is 1.82. The van der Waals surface area contributed by atoms with Crippen LogP contribution in [0.25, 0.3) is 0 Å². The van der Waals surface area contributed by atoms with Gasteiger partial charge in [-0.1, -0.05) is 0 Å². The van der Waals surface area contributed by atoms with Gasteiger partial charge in [-0.2, -0.15) is 9.97 Å². The Kier molecular flexibility index (Phi) is 8.06. The van der Waals surface area contributed by atoms with Gasteiger partial charge in [-0.05, 0) is 61.1 Å². The number of hydrogen-bond donors (Lipinski definition) is 1. The first-order valence-corrected chi connectivity index (χ1v) is 11.9. The molecular formula is C23H38N6O5. The fourth-order valence-electron chi connectivity index (χ4n) is 4.20. The van der Waals surface area contributed by atoms with E-state index in [1.54, 1.807) is 11.8 Å². The molecule has 0 saturated carbocycles. The number of aromatic nitrogens is 2. The Morgan fingerprint density at radius 3 is 2.50 bits per heavy atom. The molecular weight excluding hydrogens is 440 g/mol. The summed E-state index contributed by atoms with van der Waals surface area (Å²) in [4.78, 5) is 39.8. The van der Waals surface area contributed by atoms with Crippen LogP contribution in [0.5, 0.6) is 6.01 Å². The summed E-state index contributed by atoms with van der Waals surface area (Å²) in [7, 11) is 2.06. The van der Waals surface area contributed by atoms with Gasteiger partial charge in [-0.3, -0.25) is 0 Å². The van der Waals surface area contributed by atoms with E-state index in [9.17, 15) is 9.59 Å². The van der Waals surface area contributed by atoms with Crippen molar-refractivity contribution in [2.45, 2.75) is 65.1 Å². The van der Waals surface area contributed by atoms with Gasteiger partial charge in [0, 0.05) is 31.7 Å². The summed E-state index contributed by atoms with van der Waals surface area (Å²) in [6, 6.07) is 0.239. The van der Waals surface area contributed by atoms with Crippen molar-refractivity contribution in [1.29, 1.82) is 0 Å². The average molecular weight is 479 g/mol. The molecule has 3 rings (SSSR count). The summed E-state index contributed by atoms with van der Waals surface area (Å²) in [6.07, 6.45) is 1.80. The minimum absolute atomic E-state index is 0.0107. The lowest BCUT2D eigenvalue weighted by Gasteiger charge is -2.41. The molecule has 0 aliphatic carbocycles. The standard InChI is InChI=1S/C23H38N6O5/c1-7-32-20(30)18-17(24)19(26-21(25-18)33-14-16-9-8-10-27(16)6)29-12-11-28(13-15(29)2)22(31)34-23(3,4)5/h15-16H,7-14,24H2,1-6H3/t15-,16-/m0/s1. The summed E-state index contributed by atoms with van der Waals surface area (Å²) in [5.74, 6) is -0.212. The Morgan fingerprint density at radius 1 is 1.18 bits per heavy atom. The van der Waals surface area contributed by atoms with Gasteiger partial charge in [0.1, 0.15) is 17.9 Å². The third-order valence-electron chi connectivity index (χ3n) is 6.00. The number of anilines is 2. The summed E-state index contributed by atoms with van der Waals surface area (Å²) >= 11 is 0. The zero-order chi connectivity index (χ0) is 25.0. The lowest BCUT2D eigenvalue weighted by atomic mass is 10.1. The van der Waals surface area contributed by atoms with Crippen molar-refractivity contribution in [2.75, 3.05) is 57.1 Å². The number of amides is 1. The number of ether oxygens (including phenoxy) is 3. The van der Waals surface area contributed by atoms with E-state index < -0.39 is 11.6 Å². The van der Waals surface area contributed by atoms with Crippen LogP contribution in [0, 0.1) is 0 Å². The van der Waals surface area contributed by atoms with Gasteiger partial charge in [0.25, 0.3) is 0 Å². The molecule has 2 N–H and O–H groups in total. The van der Waals surface area contributed by atoms with Crippen molar-refractivity contribution in [3.8, 4) is 6.01 Å². The molecule has 2 atom stereocenters. The van der Waals surface area contributed by atoms with Crippen molar-refractivity contribution in [3.05, 3.63) is 5.69 Å². The maximum Gasteiger partial charge on any atom is 0.410 e. The third-order valence-corrected chi connectivity index (χ3v) is 6.00. The fourth-order valence-corrected chi connectivity index (χ4v) is 4.20. The molecule has 3 heterocycles. The zero-order valence-corrected chi connectivity index (χ0v) is 21.2. The number of nitrogens with two attached hydrogens (primary N) is 1.